The van der Waals surface area contributed by atoms with Crippen LogP contribution in [0.4, 0.5) is 0 Å². The Morgan fingerprint density at radius 3 is 2.76 bits per heavy atom. The van der Waals surface area contributed by atoms with Crippen molar-refractivity contribution >= 4 is 22.6 Å². The summed E-state index contributed by atoms with van der Waals surface area (Å²) < 4.78 is 2.26. The van der Waals surface area contributed by atoms with E-state index in [1.165, 1.54) is 23.9 Å². The van der Waals surface area contributed by atoms with Gasteiger partial charge in [-0.1, -0.05) is 26.3 Å². The van der Waals surface area contributed by atoms with E-state index in [2.05, 4.69) is 41.6 Å². The SMILES string of the molecule is CCCCn1c(CCl)nc2cc(CC)ccc21. The van der Waals surface area contributed by atoms with Crippen molar-refractivity contribution in [2.24, 2.45) is 0 Å². The lowest BCUT2D eigenvalue weighted by atomic mass is 10.1. The number of aryl methyl sites for hydroxylation is 2. The number of halogens is 1. The molecule has 2 nitrogen and oxygen atoms in total. The van der Waals surface area contributed by atoms with Crippen LogP contribution in [0.15, 0.2) is 18.2 Å². The summed E-state index contributed by atoms with van der Waals surface area (Å²) >= 11 is 5.97. The molecule has 0 saturated heterocycles. The molecule has 1 heterocycles. The highest BCUT2D eigenvalue weighted by Gasteiger charge is 2.09. The number of alkyl halides is 1. The van der Waals surface area contributed by atoms with E-state index in [9.17, 15) is 0 Å². The highest BCUT2D eigenvalue weighted by Crippen LogP contribution is 2.20. The number of unbranched alkanes of at least 4 members (excludes halogenated alkanes) is 1. The van der Waals surface area contributed by atoms with Crippen LogP contribution in [0.1, 0.15) is 38.1 Å². The molecule has 0 saturated carbocycles. The smallest absolute Gasteiger partial charge is 0.124 e. The number of fused-ring (bicyclic) bond motifs is 1. The second-order valence-electron chi connectivity index (χ2n) is 4.34. The van der Waals surface area contributed by atoms with Crippen LogP contribution in [0, 0.1) is 0 Å². The topological polar surface area (TPSA) is 17.8 Å². The highest BCUT2D eigenvalue weighted by molar-refractivity contribution is 6.16. The van der Waals surface area contributed by atoms with Crippen LogP contribution in [-0.4, -0.2) is 9.55 Å². The molecule has 0 aliphatic carbocycles. The van der Waals surface area contributed by atoms with Crippen LogP contribution in [-0.2, 0) is 18.8 Å². The average molecular weight is 251 g/mol. The minimum absolute atomic E-state index is 0.486. The van der Waals surface area contributed by atoms with E-state index in [4.69, 9.17) is 11.6 Å². The lowest BCUT2D eigenvalue weighted by Gasteiger charge is -2.06. The van der Waals surface area contributed by atoms with Gasteiger partial charge in [-0.2, -0.15) is 0 Å². The van der Waals surface area contributed by atoms with E-state index in [1.54, 1.807) is 0 Å². The maximum atomic E-state index is 5.97. The average Bonchev–Trinajstić information content (AvgIpc) is 2.72. The maximum Gasteiger partial charge on any atom is 0.124 e. The number of hydrogen-bond acceptors (Lipinski definition) is 1. The third-order valence-electron chi connectivity index (χ3n) is 3.15. The summed E-state index contributed by atoms with van der Waals surface area (Å²) in [7, 11) is 0. The maximum absolute atomic E-state index is 5.97. The van der Waals surface area contributed by atoms with Crippen LogP contribution in [0.2, 0.25) is 0 Å². The first-order valence-electron chi connectivity index (χ1n) is 6.34. The summed E-state index contributed by atoms with van der Waals surface area (Å²) in [4.78, 5) is 4.62. The Morgan fingerprint density at radius 1 is 1.29 bits per heavy atom. The summed E-state index contributed by atoms with van der Waals surface area (Å²) in [5, 5.41) is 0. The van der Waals surface area contributed by atoms with E-state index in [0.29, 0.717) is 5.88 Å². The number of aromatic nitrogens is 2. The molecule has 3 heteroatoms. The van der Waals surface area contributed by atoms with Crippen molar-refractivity contribution in [1.29, 1.82) is 0 Å². The molecule has 0 aliphatic heterocycles. The fourth-order valence-electron chi connectivity index (χ4n) is 2.11. The standard InChI is InChI=1S/C14H19ClN2/c1-3-5-8-17-13-7-6-11(4-2)9-12(13)16-14(17)10-15/h6-7,9H,3-5,8,10H2,1-2H3. The quantitative estimate of drug-likeness (QED) is 0.730. The number of imidazole rings is 1. The Kier molecular flexibility index (Phi) is 4.06. The van der Waals surface area contributed by atoms with Gasteiger partial charge >= 0.3 is 0 Å². The molecular formula is C14H19ClN2. The van der Waals surface area contributed by atoms with Crippen molar-refractivity contribution in [1.82, 2.24) is 9.55 Å². The summed E-state index contributed by atoms with van der Waals surface area (Å²) in [6.07, 6.45) is 3.41. The lowest BCUT2D eigenvalue weighted by Crippen LogP contribution is -2.02. The second-order valence-corrected chi connectivity index (χ2v) is 4.61. The zero-order valence-electron chi connectivity index (χ0n) is 10.5. The third-order valence-corrected chi connectivity index (χ3v) is 3.39. The van der Waals surface area contributed by atoms with E-state index in [-0.39, 0.29) is 0 Å². The third kappa shape index (κ3) is 2.47. The number of hydrogen-bond donors (Lipinski definition) is 0. The molecule has 0 amide bonds. The summed E-state index contributed by atoms with van der Waals surface area (Å²) in [6.45, 7) is 5.38. The fraction of sp³-hybridized carbons (Fsp3) is 0.500. The van der Waals surface area contributed by atoms with Crippen LogP contribution in [0.25, 0.3) is 11.0 Å². The highest BCUT2D eigenvalue weighted by atomic mass is 35.5. The number of rotatable bonds is 5. The summed E-state index contributed by atoms with van der Waals surface area (Å²) in [6, 6.07) is 6.53. The predicted molar refractivity (Wildman–Crippen MR) is 73.6 cm³/mol. The Balaban J connectivity index is 2.47. The van der Waals surface area contributed by atoms with Crippen LogP contribution in [0.3, 0.4) is 0 Å². The molecule has 1 aromatic carbocycles. The summed E-state index contributed by atoms with van der Waals surface area (Å²) in [5.41, 5.74) is 3.63. The van der Waals surface area contributed by atoms with E-state index in [0.717, 1.165) is 24.3 Å². The van der Waals surface area contributed by atoms with Gasteiger partial charge in [0.2, 0.25) is 0 Å². The second kappa shape index (κ2) is 5.54. The summed E-state index contributed by atoms with van der Waals surface area (Å²) in [5.74, 6) is 1.48. The first kappa shape index (κ1) is 12.4. The lowest BCUT2D eigenvalue weighted by molar-refractivity contribution is 0.628. The normalized spacial score (nSPS) is 11.2. The number of nitrogens with zero attached hydrogens (tertiary/aromatic N) is 2. The molecule has 2 aromatic rings. The van der Waals surface area contributed by atoms with E-state index >= 15 is 0 Å². The minimum Gasteiger partial charge on any atom is -0.327 e. The molecule has 0 N–H and O–H groups in total. The molecule has 0 bridgehead atoms. The van der Waals surface area contributed by atoms with Crippen LogP contribution >= 0.6 is 11.6 Å². The van der Waals surface area contributed by atoms with Crippen LogP contribution < -0.4 is 0 Å². The van der Waals surface area contributed by atoms with E-state index < -0.39 is 0 Å². The van der Waals surface area contributed by atoms with Crippen LogP contribution in [0.5, 0.6) is 0 Å². The molecule has 0 spiro atoms. The molecule has 0 unspecified atom stereocenters. The molecule has 0 fully saturated rings. The monoisotopic (exact) mass is 250 g/mol. The van der Waals surface area contributed by atoms with Gasteiger partial charge in [0.15, 0.2) is 0 Å². The molecule has 0 radical (unpaired) electrons. The Hall–Kier alpha value is -1.02. The van der Waals surface area contributed by atoms with Gasteiger partial charge in [0, 0.05) is 6.54 Å². The Labute approximate surface area is 108 Å². The predicted octanol–water partition coefficient (Wildman–Crippen LogP) is 4.14. The van der Waals surface area contributed by atoms with Gasteiger partial charge in [-0.25, -0.2) is 4.98 Å². The van der Waals surface area contributed by atoms with Gasteiger partial charge in [-0.3, -0.25) is 0 Å². The molecule has 1 aromatic heterocycles. The first-order chi connectivity index (χ1) is 8.30. The molecule has 0 atom stereocenters. The Morgan fingerprint density at radius 2 is 2.12 bits per heavy atom. The van der Waals surface area contributed by atoms with Crippen molar-refractivity contribution in [3.05, 3.63) is 29.6 Å². The van der Waals surface area contributed by atoms with Gasteiger partial charge in [0.25, 0.3) is 0 Å². The molecular weight excluding hydrogens is 232 g/mol. The minimum atomic E-state index is 0.486. The van der Waals surface area contributed by atoms with Gasteiger partial charge in [0.05, 0.1) is 16.9 Å². The zero-order valence-corrected chi connectivity index (χ0v) is 11.3. The largest absolute Gasteiger partial charge is 0.327 e. The van der Waals surface area contributed by atoms with Crippen molar-refractivity contribution in [3.63, 3.8) is 0 Å². The van der Waals surface area contributed by atoms with Crippen molar-refractivity contribution in [2.45, 2.75) is 45.5 Å². The van der Waals surface area contributed by atoms with E-state index in [1.807, 2.05) is 0 Å². The van der Waals surface area contributed by atoms with Crippen molar-refractivity contribution < 1.29 is 0 Å². The van der Waals surface area contributed by atoms with Gasteiger partial charge < -0.3 is 4.57 Å². The van der Waals surface area contributed by atoms with Crippen molar-refractivity contribution in [2.75, 3.05) is 0 Å². The van der Waals surface area contributed by atoms with Gasteiger partial charge in [0.1, 0.15) is 5.82 Å². The first-order valence-corrected chi connectivity index (χ1v) is 6.87. The molecule has 17 heavy (non-hydrogen) atoms. The Bertz CT molecular complexity index is 502. The fourth-order valence-corrected chi connectivity index (χ4v) is 2.32. The molecule has 92 valence electrons. The number of benzene rings is 1. The van der Waals surface area contributed by atoms with Gasteiger partial charge in [-0.05, 0) is 30.5 Å². The van der Waals surface area contributed by atoms with Gasteiger partial charge in [-0.15, -0.1) is 11.6 Å². The molecule has 0 aliphatic rings. The van der Waals surface area contributed by atoms with Crippen molar-refractivity contribution in [3.8, 4) is 0 Å². The zero-order chi connectivity index (χ0) is 12.3. The molecule has 2 rings (SSSR count).